The zero-order chi connectivity index (χ0) is 20.9. The Morgan fingerprint density at radius 2 is 1.67 bits per heavy atom. The van der Waals surface area contributed by atoms with Crippen LogP contribution in [0.2, 0.25) is 0 Å². The summed E-state index contributed by atoms with van der Waals surface area (Å²) in [7, 11) is 0. The standard InChI is InChI=1S/C26H24N2O2/c1-3-18-13-15-19(16-14-18)24-17-21(20-9-5-6-10-22(20)27-24)26(29)28-23-11-7-8-12-25(23)30-4-2/h5-17H,3-4H2,1-2H3,(H,28,29). The first-order valence-corrected chi connectivity index (χ1v) is 10.2. The Labute approximate surface area is 176 Å². The number of hydrogen-bond donors (Lipinski definition) is 1. The van der Waals surface area contributed by atoms with Crippen molar-refractivity contribution in [3.63, 3.8) is 0 Å². The quantitative estimate of drug-likeness (QED) is 0.427. The molecule has 0 bridgehead atoms. The third-order valence-electron chi connectivity index (χ3n) is 5.05. The first-order chi connectivity index (χ1) is 14.7. The number of fused-ring (bicyclic) bond motifs is 1. The highest BCUT2D eigenvalue weighted by Gasteiger charge is 2.15. The van der Waals surface area contributed by atoms with E-state index < -0.39 is 0 Å². The lowest BCUT2D eigenvalue weighted by atomic mass is 10.0. The fraction of sp³-hybridized carbons (Fsp3) is 0.154. The van der Waals surface area contributed by atoms with Crippen molar-refractivity contribution in [3.05, 3.63) is 90.0 Å². The normalized spacial score (nSPS) is 10.7. The molecule has 0 aliphatic rings. The summed E-state index contributed by atoms with van der Waals surface area (Å²) in [6.45, 7) is 4.58. The van der Waals surface area contributed by atoms with Gasteiger partial charge in [-0.15, -0.1) is 0 Å². The van der Waals surface area contributed by atoms with E-state index in [2.05, 4.69) is 36.5 Å². The van der Waals surface area contributed by atoms with Crippen molar-refractivity contribution < 1.29 is 9.53 Å². The van der Waals surface area contributed by atoms with Gasteiger partial charge in [0.25, 0.3) is 5.91 Å². The summed E-state index contributed by atoms with van der Waals surface area (Å²) in [5.41, 5.74) is 5.06. The van der Waals surface area contributed by atoms with Gasteiger partial charge in [-0.1, -0.05) is 61.5 Å². The van der Waals surface area contributed by atoms with Crippen LogP contribution in [-0.4, -0.2) is 17.5 Å². The second-order valence-corrected chi connectivity index (χ2v) is 7.01. The fourth-order valence-electron chi connectivity index (χ4n) is 3.46. The van der Waals surface area contributed by atoms with Crippen LogP contribution < -0.4 is 10.1 Å². The molecular formula is C26H24N2O2. The summed E-state index contributed by atoms with van der Waals surface area (Å²) in [4.78, 5) is 18.1. The molecule has 0 spiro atoms. The van der Waals surface area contributed by atoms with Crippen LogP contribution in [0.25, 0.3) is 22.2 Å². The number of carbonyl (C=O) groups excluding carboxylic acids is 1. The smallest absolute Gasteiger partial charge is 0.256 e. The van der Waals surface area contributed by atoms with Crippen molar-refractivity contribution in [2.24, 2.45) is 0 Å². The maximum atomic E-state index is 13.3. The molecule has 1 N–H and O–H groups in total. The highest BCUT2D eigenvalue weighted by Crippen LogP contribution is 2.28. The summed E-state index contributed by atoms with van der Waals surface area (Å²) in [5.74, 6) is 0.467. The number of ether oxygens (including phenoxy) is 1. The average molecular weight is 396 g/mol. The molecule has 0 saturated heterocycles. The summed E-state index contributed by atoms with van der Waals surface area (Å²) in [6.07, 6.45) is 0.984. The summed E-state index contributed by atoms with van der Waals surface area (Å²) in [5, 5.41) is 3.83. The zero-order valence-corrected chi connectivity index (χ0v) is 17.2. The van der Waals surface area contributed by atoms with Crippen LogP contribution in [0.4, 0.5) is 5.69 Å². The second-order valence-electron chi connectivity index (χ2n) is 7.01. The molecular weight excluding hydrogens is 372 g/mol. The summed E-state index contributed by atoms with van der Waals surface area (Å²) >= 11 is 0. The van der Waals surface area contributed by atoms with Crippen molar-refractivity contribution in [2.45, 2.75) is 20.3 Å². The van der Waals surface area contributed by atoms with Crippen molar-refractivity contribution in [1.29, 1.82) is 0 Å². The molecule has 4 nitrogen and oxygen atoms in total. The van der Waals surface area contributed by atoms with Gasteiger partial charge >= 0.3 is 0 Å². The minimum absolute atomic E-state index is 0.188. The van der Waals surface area contributed by atoms with Gasteiger partial charge in [0.05, 0.1) is 29.1 Å². The average Bonchev–Trinajstić information content (AvgIpc) is 2.80. The number of hydrogen-bond acceptors (Lipinski definition) is 3. The number of aryl methyl sites for hydroxylation is 1. The molecule has 0 saturated carbocycles. The molecule has 4 heteroatoms. The summed E-state index contributed by atoms with van der Waals surface area (Å²) in [6, 6.07) is 25.4. The number of rotatable bonds is 6. The van der Waals surface area contributed by atoms with E-state index >= 15 is 0 Å². The first-order valence-electron chi connectivity index (χ1n) is 10.2. The van der Waals surface area contributed by atoms with Gasteiger partial charge in [0, 0.05) is 10.9 Å². The van der Waals surface area contributed by atoms with Crippen molar-refractivity contribution in [2.75, 3.05) is 11.9 Å². The lowest BCUT2D eigenvalue weighted by Gasteiger charge is -2.13. The molecule has 30 heavy (non-hydrogen) atoms. The van der Waals surface area contributed by atoms with Crippen LogP contribution in [0.5, 0.6) is 5.75 Å². The molecule has 4 aromatic rings. The Morgan fingerprint density at radius 1 is 0.933 bits per heavy atom. The van der Waals surface area contributed by atoms with E-state index in [0.29, 0.717) is 23.6 Å². The predicted octanol–water partition coefficient (Wildman–Crippen LogP) is 6.12. The number of pyridine rings is 1. The third-order valence-corrected chi connectivity index (χ3v) is 5.05. The third kappa shape index (κ3) is 4.03. The van der Waals surface area contributed by atoms with E-state index in [-0.39, 0.29) is 5.91 Å². The highest BCUT2D eigenvalue weighted by molar-refractivity contribution is 6.13. The van der Waals surface area contributed by atoms with E-state index in [9.17, 15) is 4.79 Å². The van der Waals surface area contributed by atoms with E-state index in [4.69, 9.17) is 9.72 Å². The van der Waals surface area contributed by atoms with E-state index in [1.165, 1.54) is 5.56 Å². The van der Waals surface area contributed by atoms with Crippen LogP contribution in [0, 0.1) is 0 Å². The van der Waals surface area contributed by atoms with Crippen molar-refractivity contribution in [1.82, 2.24) is 4.98 Å². The molecule has 0 fully saturated rings. The number of nitrogens with zero attached hydrogens (tertiary/aromatic N) is 1. The zero-order valence-electron chi connectivity index (χ0n) is 17.2. The molecule has 0 aliphatic heterocycles. The Kier molecular flexibility index (Phi) is 5.75. The fourth-order valence-corrected chi connectivity index (χ4v) is 3.46. The van der Waals surface area contributed by atoms with Gasteiger partial charge in [-0.2, -0.15) is 0 Å². The molecule has 150 valence electrons. The second kappa shape index (κ2) is 8.78. The van der Waals surface area contributed by atoms with Crippen LogP contribution in [0.3, 0.4) is 0 Å². The molecule has 0 radical (unpaired) electrons. The molecule has 1 amide bonds. The molecule has 0 unspecified atom stereocenters. The van der Waals surface area contributed by atoms with Gasteiger partial charge in [0.1, 0.15) is 5.75 Å². The maximum absolute atomic E-state index is 13.3. The molecule has 3 aromatic carbocycles. The Morgan fingerprint density at radius 3 is 2.43 bits per heavy atom. The van der Waals surface area contributed by atoms with E-state index in [1.54, 1.807) is 0 Å². The van der Waals surface area contributed by atoms with Gasteiger partial charge in [0.2, 0.25) is 0 Å². The van der Waals surface area contributed by atoms with Gasteiger partial charge in [0.15, 0.2) is 0 Å². The van der Waals surface area contributed by atoms with Crippen LogP contribution in [-0.2, 0) is 6.42 Å². The van der Waals surface area contributed by atoms with Crippen LogP contribution in [0.15, 0.2) is 78.9 Å². The van der Waals surface area contributed by atoms with Gasteiger partial charge in [-0.05, 0) is 43.2 Å². The SMILES string of the molecule is CCOc1ccccc1NC(=O)c1cc(-c2ccc(CC)cc2)nc2ccccc12. The highest BCUT2D eigenvalue weighted by atomic mass is 16.5. The Bertz CT molecular complexity index is 1180. The largest absolute Gasteiger partial charge is 0.492 e. The molecule has 0 atom stereocenters. The monoisotopic (exact) mass is 396 g/mol. The lowest BCUT2D eigenvalue weighted by molar-refractivity contribution is 0.102. The van der Waals surface area contributed by atoms with Crippen LogP contribution in [0.1, 0.15) is 29.8 Å². The number of amides is 1. The van der Waals surface area contributed by atoms with E-state index in [0.717, 1.165) is 28.6 Å². The summed E-state index contributed by atoms with van der Waals surface area (Å²) < 4.78 is 5.65. The minimum atomic E-state index is -0.188. The van der Waals surface area contributed by atoms with Gasteiger partial charge < -0.3 is 10.1 Å². The Balaban J connectivity index is 1.76. The van der Waals surface area contributed by atoms with Crippen LogP contribution >= 0.6 is 0 Å². The number of anilines is 1. The van der Waals surface area contributed by atoms with E-state index in [1.807, 2.05) is 61.5 Å². The number of nitrogens with one attached hydrogen (secondary N) is 1. The lowest BCUT2D eigenvalue weighted by Crippen LogP contribution is -2.14. The van der Waals surface area contributed by atoms with Gasteiger partial charge in [-0.3, -0.25) is 4.79 Å². The first kappa shape index (κ1) is 19.6. The molecule has 4 rings (SSSR count). The minimum Gasteiger partial charge on any atom is -0.492 e. The predicted molar refractivity (Wildman–Crippen MR) is 122 cm³/mol. The molecule has 1 heterocycles. The molecule has 0 aliphatic carbocycles. The topological polar surface area (TPSA) is 51.2 Å². The number of aromatic nitrogens is 1. The van der Waals surface area contributed by atoms with Crippen molar-refractivity contribution in [3.8, 4) is 17.0 Å². The number of carbonyl (C=O) groups is 1. The van der Waals surface area contributed by atoms with Gasteiger partial charge in [-0.25, -0.2) is 4.98 Å². The number of para-hydroxylation sites is 3. The number of benzene rings is 3. The maximum Gasteiger partial charge on any atom is 0.256 e. The Hall–Kier alpha value is -3.66. The molecule has 1 aromatic heterocycles. The van der Waals surface area contributed by atoms with Crippen molar-refractivity contribution >= 4 is 22.5 Å².